The van der Waals surface area contributed by atoms with Crippen LogP contribution in [-0.2, 0) is 9.59 Å². The van der Waals surface area contributed by atoms with Crippen molar-refractivity contribution in [3.05, 3.63) is 29.3 Å². The topological polar surface area (TPSA) is 52.7 Å². The van der Waals surface area contributed by atoms with E-state index in [4.69, 9.17) is 11.6 Å². The second-order valence-electron chi connectivity index (χ2n) is 7.17. The molecule has 1 heterocycles. The smallest absolute Gasteiger partial charge is 0.227 e. The van der Waals surface area contributed by atoms with Crippen molar-refractivity contribution in [2.45, 2.75) is 25.7 Å². The van der Waals surface area contributed by atoms with Gasteiger partial charge < -0.3 is 15.1 Å². The van der Waals surface area contributed by atoms with Gasteiger partial charge in [0.25, 0.3) is 0 Å². The minimum Gasteiger partial charge on any atom is -0.340 e. The van der Waals surface area contributed by atoms with E-state index < -0.39 is 0 Å². The van der Waals surface area contributed by atoms with Gasteiger partial charge in [0.05, 0.1) is 0 Å². The lowest BCUT2D eigenvalue weighted by Crippen LogP contribution is -2.49. The molecule has 1 aromatic rings. The van der Waals surface area contributed by atoms with Crippen molar-refractivity contribution in [1.82, 2.24) is 9.80 Å². The molecule has 0 radical (unpaired) electrons. The summed E-state index contributed by atoms with van der Waals surface area (Å²) in [6.45, 7) is 3.55. The third-order valence-corrected chi connectivity index (χ3v) is 5.63. The van der Waals surface area contributed by atoms with E-state index in [1.54, 1.807) is 12.1 Å². The fraction of sp³-hybridized carbons (Fsp3) is 0.579. The average molecular weight is 364 g/mol. The first-order valence-corrected chi connectivity index (χ1v) is 9.44. The van der Waals surface area contributed by atoms with Gasteiger partial charge in [-0.25, -0.2) is 0 Å². The van der Waals surface area contributed by atoms with Gasteiger partial charge in [0, 0.05) is 48.7 Å². The number of nitrogens with zero attached hydrogens (tertiary/aromatic N) is 2. The standard InChI is InChI=1S/C19H26ClN3O2/c1-22-10-12-23(13-11-22)19(25)15-4-2-14(3-5-15)18(24)21-17-8-6-16(20)7-9-17/h6-9,14-15H,2-5,10-13H2,1H3,(H,21,24). The third kappa shape index (κ3) is 4.73. The van der Waals surface area contributed by atoms with Gasteiger partial charge in [-0.05, 0) is 57.0 Å². The highest BCUT2D eigenvalue weighted by molar-refractivity contribution is 6.30. The number of carbonyl (C=O) groups excluding carboxylic acids is 2. The molecular formula is C19H26ClN3O2. The summed E-state index contributed by atoms with van der Waals surface area (Å²) in [5.74, 6) is 0.410. The van der Waals surface area contributed by atoms with E-state index in [1.807, 2.05) is 17.0 Å². The molecule has 2 aliphatic rings. The fourth-order valence-corrected chi connectivity index (χ4v) is 3.79. The van der Waals surface area contributed by atoms with E-state index in [-0.39, 0.29) is 23.7 Å². The van der Waals surface area contributed by atoms with Gasteiger partial charge in [-0.1, -0.05) is 11.6 Å². The molecule has 1 saturated heterocycles. The zero-order chi connectivity index (χ0) is 17.8. The van der Waals surface area contributed by atoms with Crippen LogP contribution in [0, 0.1) is 11.8 Å². The van der Waals surface area contributed by atoms with Gasteiger partial charge in [0.2, 0.25) is 11.8 Å². The summed E-state index contributed by atoms with van der Waals surface area (Å²) in [6, 6.07) is 7.15. The van der Waals surface area contributed by atoms with Crippen LogP contribution in [0.4, 0.5) is 5.69 Å². The number of hydrogen-bond donors (Lipinski definition) is 1. The molecule has 0 atom stereocenters. The van der Waals surface area contributed by atoms with Gasteiger partial charge in [-0.3, -0.25) is 9.59 Å². The summed E-state index contributed by atoms with van der Waals surface area (Å²) in [5, 5.41) is 3.61. The molecule has 0 spiro atoms. The molecule has 3 rings (SSSR count). The molecule has 0 unspecified atom stereocenters. The molecule has 5 nitrogen and oxygen atoms in total. The highest BCUT2D eigenvalue weighted by Crippen LogP contribution is 2.31. The number of hydrogen-bond acceptors (Lipinski definition) is 3. The van der Waals surface area contributed by atoms with Crippen molar-refractivity contribution in [3.63, 3.8) is 0 Å². The van der Waals surface area contributed by atoms with Crippen molar-refractivity contribution in [3.8, 4) is 0 Å². The summed E-state index contributed by atoms with van der Waals surface area (Å²) in [7, 11) is 2.09. The van der Waals surface area contributed by atoms with E-state index in [1.165, 1.54) is 0 Å². The molecule has 1 saturated carbocycles. The number of carbonyl (C=O) groups is 2. The lowest BCUT2D eigenvalue weighted by Gasteiger charge is -2.36. The van der Waals surface area contributed by atoms with Crippen molar-refractivity contribution < 1.29 is 9.59 Å². The van der Waals surface area contributed by atoms with Gasteiger partial charge in [0.15, 0.2) is 0 Å². The molecule has 0 bridgehead atoms. The van der Waals surface area contributed by atoms with Gasteiger partial charge in [0.1, 0.15) is 0 Å². The van der Waals surface area contributed by atoms with Crippen LogP contribution >= 0.6 is 11.6 Å². The first kappa shape index (κ1) is 18.2. The number of likely N-dealkylation sites (N-methyl/N-ethyl adjacent to an activating group) is 1. The Balaban J connectivity index is 1.47. The highest BCUT2D eigenvalue weighted by atomic mass is 35.5. The molecule has 6 heteroatoms. The zero-order valence-corrected chi connectivity index (χ0v) is 15.5. The summed E-state index contributed by atoms with van der Waals surface area (Å²) in [4.78, 5) is 29.3. The van der Waals surface area contributed by atoms with E-state index in [9.17, 15) is 9.59 Å². The number of piperazine rings is 1. The molecule has 25 heavy (non-hydrogen) atoms. The third-order valence-electron chi connectivity index (χ3n) is 5.37. The molecule has 136 valence electrons. The maximum absolute atomic E-state index is 12.7. The van der Waals surface area contributed by atoms with Crippen molar-refractivity contribution >= 4 is 29.1 Å². The zero-order valence-electron chi connectivity index (χ0n) is 14.7. The van der Waals surface area contributed by atoms with Crippen molar-refractivity contribution in [1.29, 1.82) is 0 Å². The Kier molecular flexibility index (Phi) is 5.97. The molecule has 0 aromatic heterocycles. The van der Waals surface area contributed by atoms with Crippen LogP contribution in [0.25, 0.3) is 0 Å². The van der Waals surface area contributed by atoms with Crippen molar-refractivity contribution in [2.24, 2.45) is 11.8 Å². The van der Waals surface area contributed by atoms with Crippen LogP contribution in [0.2, 0.25) is 5.02 Å². The van der Waals surface area contributed by atoms with Gasteiger partial charge in [-0.2, -0.15) is 0 Å². The monoisotopic (exact) mass is 363 g/mol. The molecular weight excluding hydrogens is 338 g/mol. The Hall–Kier alpha value is -1.59. The summed E-state index contributed by atoms with van der Waals surface area (Å²) in [6.07, 6.45) is 3.18. The molecule has 1 aliphatic heterocycles. The molecule has 2 fully saturated rings. The number of nitrogens with one attached hydrogen (secondary N) is 1. The Bertz CT molecular complexity index is 604. The number of amides is 2. The number of rotatable bonds is 3. The lowest BCUT2D eigenvalue weighted by atomic mass is 9.80. The van der Waals surface area contributed by atoms with Crippen LogP contribution in [0.5, 0.6) is 0 Å². The van der Waals surface area contributed by atoms with Gasteiger partial charge >= 0.3 is 0 Å². The maximum atomic E-state index is 12.7. The van der Waals surface area contributed by atoms with Crippen LogP contribution in [-0.4, -0.2) is 54.8 Å². The number of anilines is 1. The van der Waals surface area contributed by atoms with E-state index in [0.29, 0.717) is 5.02 Å². The van der Waals surface area contributed by atoms with Crippen LogP contribution in [0.15, 0.2) is 24.3 Å². The Labute approximate surface area is 154 Å². The SMILES string of the molecule is CN1CCN(C(=O)C2CCC(C(=O)Nc3ccc(Cl)cc3)CC2)CC1. The Morgan fingerprint density at radius 2 is 1.52 bits per heavy atom. The molecule has 1 aromatic carbocycles. The maximum Gasteiger partial charge on any atom is 0.227 e. The quantitative estimate of drug-likeness (QED) is 0.898. The summed E-state index contributed by atoms with van der Waals surface area (Å²) < 4.78 is 0. The molecule has 2 amide bonds. The predicted octanol–water partition coefficient (Wildman–Crippen LogP) is 2.86. The van der Waals surface area contributed by atoms with Crippen LogP contribution < -0.4 is 5.32 Å². The average Bonchev–Trinajstić information content (AvgIpc) is 2.64. The number of halogens is 1. The van der Waals surface area contributed by atoms with E-state index >= 15 is 0 Å². The minimum atomic E-state index is -0.00721. The van der Waals surface area contributed by atoms with Crippen molar-refractivity contribution in [2.75, 3.05) is 38.5 Å². The Morgan fingerprint density at radius 1 is 0.960 bits per heavy atom. The van der Waals surface area contributed by atoms with E-state index in [2.05, 4.69) is 17.3 Å². The van der Waals surface area contributed by atoms with E-state index in [0.717, 1.165) is 57.5 Å². The Morgan fingerprint density at radius 3 is 2.12 bits per heavy atom. The molecule has 1 aliphatic carbocycles. The minimum absolute atomic E-state index is 0.00721. The van der Waals surface area contributed by atoms with Crippen LogP contribution in [0.3, 0.4) is 0 Å². The highest BCUT2D eigenvalue weighted by Gasteiger charge is 2.32. The second kappa shape index (κ2) is 8.19. The fourth-order valence-electron chi connectivity index (χ4n) is 3.67. The second-order valence-corrected chi connectivity index (χ2v) is 7.61. The number of benzene rings is 1. The largest absolute Gasteiger partial charge is 0.340 e. The summed E-state index contributed by atoms with van der Waals surface area (Å²) >= 11 is 5.86. The lowest BCUT2D eigenvalue weighted by molar-refractivity contribution is -0.139. The summed E-state index contributed by atoms with van der Waals surface area (Å²) in [5.41, 5.74) is 0.769. The first-order valence-electron chi connectivity index (χ1n) is 9.06. The van der Waals surface area contributed by atoms with Gasteiger partial charge in [-0.15, -0.1) is 0 Å². The normalized spacial score (nSPS) is 24.8. The predicted molar refractivity (Wildman–Crippen MR) is 99.6 cm³/mol. The molecule has 1 N–H and O–H groups in total. The first-order chi connectivity index (χ1) is 12.0. The van der Waals surface area contributed by atoms with Crippen LogP contribution in [0.1, 0.15) is 25.7 Å².